The smallest absolute Gasteiger partial charge is 0.407 e. The zero-order chi connectivity index (χ0) is 19.2. The van der Waals surface area contributed by atoms with Crippen LogP contribution in [0.5, 0.6) is 0 Å². The van der Waals surface area contributed by atoms with E-state index < -0.39 is 17.3 Å². The van der Waals surface area contributed by atoms with Crippen molar-refractivity contribution in [2.24, 2.45) is 0 Å². The molecule has 0 unspecified atom stereocenters. The first-order valence-corrected chi connectivity index (χ1v) is 8.72. The van der Waals surface area contributed by atoms with Crippen molar-refractivity contribution in [2.75, 3.05) is 6.54 Å². The van der Waals surface area contributed by atoms with E-state index in [1.54, 1.807) is 4.57 Å². The van der Waals surface area contributed by atoms with Crippen LogP contribution in [0, 0.1) is 0 Å². The highest BCUT2D eigenvalue weighted by Gasteiger charge is 2.13. The zero-order valence-corrected chi connectivity index (χ0v) is 15.0. The Morgan fingerprint density at radius 2 is 2.00 bits per heavy atom. The predicted octanol–water partition coefficient (Wildman–Crippen LogP) is 1.22. The van der Waals surface area contributed by atoms with E-state index in [0.29, 0.717) is 24.3 Å². The number of nitrogens with one attached hydrogen (secondary N) is 2. The maximum absolute atomic E-state index is 12.2. The maximum atomic E-state index is 12.2. The van der Waals surface area contributed by atoms with Crippen LogP contribution in [0.1, 0.15) is 18.9 Å². The van der Waals surface area contributed by atoms with Crippen molar-refractivity contribution in [1.82, 2.24) is 24.4 Å². The van der Waals surface area contributed by atoms with Crippen molar-refractivity contribution in [1.29, 1.82) is 0 Å². The fourth-order valence-corrected chi connectivity index (χ4v) is 2.77. The van der Waals surface area contributed by atoms with Crippen molar-refractivity contribution in [2.45, 2.75) is 33.0 Å². The number of alkyl carbamates (subject to hydrolysis) is 1. The minimum Gasteiger partial charge on any atom is -0.445 e. The molecule has 3 rings (SSSR count). The van der Waals surface area contributed by atoms with Gasteiger partial charge in [0, 0.05) is 19.6 Å². The average Bonchev–Trinajstić information content (AvgIpc) is 3.08. The third-order valence-electron chi connectivity index (χ3n) is 4.04. The second-order valence-corrected chi connectivity index (χ2v) is 6.01. The highest BCUT2D eigenvalue weighted by atomic mass is 16.5. The van der Waals surface area contributed by atoms with E-state index in [2.05, 4.69) is 15.3 Å². The van der Waals surface area contributed by atoms with Gasteiger partial charge in [-0.25, -0.2) is 14.6 Å². The van der Waals surface area contributed by atoms with E-state index in [0.717, 1.165) is 12.0 Å². The van der Waals surface area contributed by atoms with E-state index >= 15 is 0 Å². The zero-order valence-electron chi connectivity index (χ0n) is 15.0. The lowest BCUT2D eigenvalue weighted by Crippen LogP contribution is -2.32. The number of hydrogen-bond donors (Lipinski definition) is 2. The van der Waals surface area contributed by atoms with Gasteiger partial charge in [-0.1, -0.05) is 37.3 Å². The molecule has 1 aromatic carbocycles. The summed E-state index contributed by atoms with van der Waals surface area (Å²) in [4.78, 5) is 42.4. The maximum Gasteiger partial charge on any atom is 0.407 e. The summed E-state index contributed by atoms with van der Waals surface area (Å²) in [5.41, 5.74) is 0.585. The number of amides is 1. The quantitative estimate of drug-likeness (QED) is 0.649. The molecule has 9 heteroatoms. The van der Waals surface area contributed by atoms with Crippen molar-refractivity contribution in [3.8, 4) is 0 Å². The first kappa shape index (κ1) is 18.4. The number of carbonyl (C=O) groups is 1. The molecule has 142 valence electrons. The van der Waals surface area contributed by atoms with Crippen molar-refractivity contribution in [3.05, 3.63) is 63.1 Å². The monoisotopic (exact) mass is 371 g/mol. The standard InChI is InChI=1S/C18H21N5O4/c1-2-9-23-15-14(16(24)21-17(23)25)22(12-20-15)10-8-19-18(26)27-11-13-6-4-3-5-7-13/h3-7,12H,2,8-11H2,1H3,(H,19,26)(H,21,24,25). The predicted molar refractivity (Wildman–Crippen MR) is 99.5 cm³/mol. The summed E-state index contributed by atoms with van der Waals surface area (Å²) in [6, 6.07) is 9.37. The first-order chi connectivity index (χ1) is 13.1. The molecule has 2 N–H and O–H groups in total. The van der Waals surface area contributed by atoms with Crippen LogP contribution < -0.4 is 16.6 Å². The molecule has 3 aromatic rings. The molecule has 27 heavy (non-hydrogen) atoms. The van der Waals surface area contributed by atoms with Gasteiger partial charge >= 0.3 is 11.8 Å². The number of H-pyrrole nitrogens is 1. The van der Waals surface area contributed by atoms with Crippen LogP contribution in [0.15, 0.2) is 46.2 Å². The second kappa shape index (κ2) is 8.35. The molecule has 0 radical (unpaired) electrons. The van der Waals surface area contributed by atoms with Crippen molar-refractivity contribution in [3.63, 3.8) is 0 Å². The van der Waals surface area contributed by atoms with Crippen molar-refractivity contribution < 1.29 is 9.53 Å². The number of benzene rings is 1. The van der Waals surface area contributed by atoms with Gasteiger partial charge in [0.05, 0.1) is 6.33 Å². The van der Waals surface area contributed by atoms with Crippen LogP contribution in [0.2, 0.25) is 0 Å². The average molecular weight is 371 g/mol. The van der Waals surface area contributed by atoms with Gasteiger partial charge in [0.2, 0.25) is 0 Å². The number of hydrogen-bond acceptors (Lipinski definition) is 5. The Morgan fingerprint density at radius 1 is 1.22 bits per heavy atom. The van der Waals surface area contributed by atoms with E-state index in [4.69, 9.17) is 4.74 Å². The summed E-state index contributed by atoms with van der Waals surface area (Å²) < 4.78 is 8.18. The third kappa shape index (κ3) is 4.25. The minimum atomic E-state index is -0.542. The molecular formula is C18H21N5O4. The van der Waals surface area contributed by atoms with Crippen LogP contribution in [-0.4, -0.2) is 31.7 Å². The molecule has 0 saturated heterocycles. The Hall–Kier alpha value is -3.36. The Labute approximate surface area is 154 Å². The number of aromatic nitrogens is 4. The number of imidazole rings is 1. The normalized spacial score (nSPS) is 10.9. The fraction of sp³-hybridized carbons (Fsp3) is 0.333. The summed E-state index contributed by atoms with van der Waals surface area (Å²) in [5, 5.41) is 2.64. The van der Waals surface area contributed by atoms with Gasteiger partial charge in [-0.05, 0) is 12.0 Å². The highest BCUT2D eigenvalue weighted by molar-refractivity contribution is 5.70. The van der Waals surface area contributed by atoms with Gasteiger partial charge in [0.15, 0.2) is 11.2 Å². The first-order valence-electron chi connectivity index (χ1n) is 8.72. The highest BCUT2D eigenvalue weighted by Crippen LogP contribution is 2.06. The molecule has 0 aliphatic carbocycles. The molecule has 0 aliphatic heterocycles. The molecule has 0 bridgehead atoms. The summed E-state index contributed by atoms with van der Waals surface area (Å²) in [6.07, 6.45) is 1.69. The van der Waals surface area contributed by atoms with E-state index in [1.165, 1.54) is 10.9 Å². The summed E-state index contributed by atoms with van der Waals surface area (Å²) in [7, 11) is 0. The van der Waals surface area contributed by atoms with Gasteiger partial charge in [-0.15, -0.1) is 0 Å². The lowest BCUT2D eigenvalue weighted by atomic mass is 10.2. The molecule has 0 atom stereocenters. The number of rotatable bonds is 7. The minimum absolute atomic E-state index is 0.184. The van der Waals surface area contributed by atoms with Crippen molar-refractivity contribution >= 4 is 17.3 Å². The van der Waals surface area contributed by atoms with E-state index in [-0.39, 0.29) is 13.2 Å². The third-order valence-corrected chi connectivity index (χ3v) is 4.04. The SMILES string of the molecule is CCCn1c(=O)[nH]c(=O)c2c1ncn2CCNC(=O)OCc1ccccc1. The molecule has 0 fully saturated rings. The molecule has 9 nitrogen and oxygen atoms in total. The van der Waals surface area contributed by atoms with E-state index in [1.807, 2.05) is 37.3 Å². The van der Waals surface area contributed by atoms with Gasteiger partial charge in [-0.2, -0.15) is 0 Å². The molecule has 0 saturated carbocycles. The molecule has 0 spiro atoms. The van der Waals surface area contributed by atoms with Crippen LogP contribution in [0.25, 0.3) is 11.2 Å². The summed E-state index contributed by atoms with van der Waals surface area (Å²) in [5.74, 6) is 0. The number of ether oxygens (including phenoxy) is 1. The largest absolute Gasteiger partial charge is 0.445 e. The Kier molecular flexibility index (Phi) is 5.70. The van der Waals surface area contributed by atoms with E-state index in [9.17, 15) is 14.4 Å². The number of aromatic amines is 1. The van der Waals surface area contributed by atoms with Gasteiger partial charge in [-0.3, -0.25) is 14.3 Å². The van der Waals surface area contributed by atoms with Crippen LogP contribution in [-0.2, 0) is 24.4 Å². The van der Waals surface area contributed by atoms with Gasteiger partial charge in [0.25, 0.3) is 5.56 Å². The van der Waals surface area contributed by atoms with Crippen LogP contribution >= 0.6 is 0 Å². The summed E-state index contributed by atoms with van der Waals surface area (Å²) in [6.45, 7) is 3.16. The fourth-order valence-electron chi connectivity index (χ4n) is 2.77. The van der Waals surface area contributed by atoms with Crippen LogP contribution in [0.3, 0.4) is 0 Å². The number of aryl methyl sites for hydroxylation is 1. The van der Waals surface area contributed by atoms with Gasteiger partial charge in [0.1, 0.15) is 6.61 Å². The Bertz CT molecular complexity index is 1040. The molecule has 0 aliphatic rings. The number of carbonyl (C=O) groups excluding carboxylic acids is 1. The van der Waals surface area contributed by atoms with Crippen LogP contribution in [0.4, 0.5) is 4.79 Å². The van der Waals surface area contributed by atoms with Gasteiger partial charge < -0.3 is 14.6 Å². The number of fused-ring (bicyclic) bond motifs is 1. The topological polar surface area (TPSA) is 111 Å². The molecule has 2 aromatic heterocycles. The summed E-state index contributed by atoms with van der Waals surface area (Å²) >= 11 is 0. The Morgan fingerprint density at radius 3 is 2.74 bits per heavy atom. The Balaban J connectivity index is 1.62. The lowest BCUT2D eigenvalue weighted by Gasteiger charge is -2.08. The number of nitrogens with zero attached hydrogens (tertiary/aromatic N) is 3. The molecule has 1 amide bonds. The lowest BCUT2D eigenvalue weighted by molar-refractivity contribution is 0.139. The molecular weight excluding hydrogens is 350 g/mol. The second-order valence-electron chi connectivity index (χ2n) is 6.01. The molecule has 2 heterocycles.